The van der Waals surface area contributed by atoms with Crippen LogP contribution in [0.15, 0.2) is 36.5 Å². The van der Waals surface area contributed by atoms with Crippen LogP contribution >= 0.6 is 0 Å². The van der Waals surface area contributed by atoms with Crippen LogP contribution in [0.2, 0.25) is 0 Å². The van der Waals surface area contributed by atoms with E-state index >= 15 is 0 Å². The number of carboxylic acids is 1. The van der Waals surface area contributed by atoms with E-state index in [1.165, 1.54) is 5.56 Å². The van der Waals surface area contributed by atoms with Gasteiger partial charge in [-0.1, -0.05) is 24.3 Å². The lowest BCUT2D eigenvalue weighted by atomic mass is 9.80. The Labute approximate surface area is 124 Å². The number of benzene rings is 1. The molecule has 1 aliphatic heterocycles. The van der Waals surface area contributed by atoms with Gasteiger partial charge in [0.2, 0.25) is 0 Å². The molecule has 1 N–H and O–H groups in total. The van der Waals surface area contributed by atoms with Crippen LogP contribution in [0.1, 0.15) is 25.3 Å². The third kappa shape index (κ3) is 2.76. The second kappa shape index (κ2) is 5.45. The summed E-state index contributed by atoms with van der Waals surface area (Å²) in [7, 11) is 0. The summed E-state index contributed by atoms with van der Waals surface area (Å²) in [4.78, 5) is 18.1. The zero-order valence-electron chi connectivity index (χ0n) is 12.2. The van der Waals surface area contributed by atoms with Crippen molar-refractivity contribution in [2.75, 3.05) is 13.1 Å². The molecule has 1 aromatic carbocycles. The highest BCUT2D eigenvalue weighted by Gasteiger charge is 2.36. The van der Waals surface area contributed by atoms with Crippen molar-refractivity contribution in [1.29, 1.82) is 0 Å². The third-order valence-electron chi connectivity index (χ3n) is 4.59. The number of nitrogens with zero attached hydrogens (tertiary/aromatic N) is 2. The van der Waals surface area contributed by atoms with Crippen molar-refractivity contribution in [2.24, 2.45) is 5.41 Å². The maximum Gasteiger partial charge on any atom is 0.309 e. The minimum Gasteiger partial charge on any atom is -0.481 e. The van der Waals surface area contributed by atoms with E-state index < -0.39 is 11.4 Å². The number of likely N-dealkylation sites (tertiary alicyclic amines) is 1. The molecule has 110 valence electrons. The summed E-state index contributed by atoms with van der Waals surface area (Å²) < 4.78 is 0. The molecule has 3 rings (SSSR count). The monoisotopic (exact) mass is 284 g/mol. The van der Waals surface area contributed by atoms with E-state index in [1.54, 1.807) is 0 Å². The van der Waals surface area contributed by atoms with Gasteiger partial charge in [-0.2, -0.15) is 0 Å². The highest BCUT2D eigenvalue weighted by molar-refractivity contribution is 5.81. The first-order chi connectivity index (χ1) is 10.1. The fourth-order valence-corrected chi connectivity index (χ4v) is 2.95. The van der Waals surface area contributed by atoms with Crippen LogP contribution in [0.3, 0.4) is 0 Å². The zero-order chi connectivity index (χ0) is 14.9. The van der Waals surface area contributed by atoms with Gasteiger partial charge in [0.25, 0.3) is 0 Å². The molecule has 0 bridgehead atoms. The Morgan fingerprint density at radius 2 is 2.00 bits per heavy atom. The Morgan fingerprint density at radius 1 is 1.29 bits per heavy atom. The van der Waals surface area contributed by atoms with E-state index in [0.29, 0.717) is 12.8 Å². The van der Waals surface area contributed by atoms with Gasteiger partial charge in [-0.25, -0.2) is 0 Å². The first-order valence-electron chi connectivity index (χ1n) is 7.37. The molecule has 0 atom stereocenters. The van der Waals surface area contributed by atoms with Gasteiger partial charge in [-0.3, -0.25) is 14.7 Å². The maximum atomic E-state index is 11.3. The summed E-state index contributed by atoms with van der Waals surface area (Å²) in [5.74, 6) is -0.672. The van der Waals surface area contributed by atoms with Crippen molar-refractivity contribution in [3.8, 4) is 0 Å². The van der Waals surface area contributed by atoms with Crippen LogP contribution in [0.25, 0.3) is 10.9 Å². The largest absolute Gasteiger partial charge is 0.481 e. The number of aliphatic carboxylic acids is 1. The van der Waals surface area contributed by atoms with Gasteiger partial charge in [0, 0.05) is 18.1 Å². The number of carboxylic acid groups (broad SMARTS) is 1. The van der Waals surface area contributed by atoms with Gasteiger partial charge in [-0.15, -0.1) is 0 Å². The third-order valence-corrected chi connectivity index (χ3v) is 4.59. The second-order valence-electron chi connectivity index (χ2n) is 6.13. The lowest BCUT2D eigenvalue weighted by molar-refractivity contribution is -0.150. The van der Waals surface area contributed by atoms with Crippen LogP contribution in [0.4, 0.5) is 0 Å². The Bertz CT molecular complexity index is 655. The van der Waals surface area contributed by atoms with Gasteiger partial charge in [0.15, 0.2) is 0 Å². The Balaban J connectivity index is 1.74. The molecule has 2 heterocycles. The normalized spacial score (nSPS) is 18.7. The summed E-state index contributed by atoms with van der Waals surface area (Å²) >= 11 is 0. The topological polar surface area (TPSA) is 53.4 Å². The fourth-order valence-electron chi connectivity index (χ4n) is 2.95. The number of para-hydroxylation sites is 1. The van der Waals surface area contributed by atoms with E-state index in [-0.39, 0.29) is 0 Å². The number of piperidine rings is 1. The standard InChI is InChI=1S/C17H20N2O2/c1-17(16(20)21)7-10-19(11-8-17)12-14-5-2-4-13-6-3-9-18-15(13)14/h2-6,9H,7-8,10-12H2,1H3,(H,20,21). The predicted molar refractivity (Wildman–Crippen MR) is 82.0 cm³/mol. The molecule has 4 nitrogen and oxygen atoms in total. The molecular weight excluding hydrogens is 264 g/mol. The van der Waals surface area contributed by atoms with E-state index in [4.69, 9.17) is 0 Å². The average Bonchev–Trinajstić information content (AvgIpc) is 2.50. The number of aromatic nitrogens is 1. The summed E-state index contributed by atoms with van der Waals surface area (Å²) in [5, 5.41) is 10.4. The Hall–Kier alpha value is -1.94. The number of pyridine rings is 1. The zero-order valence-corrected chi connectivity index (χ0v) is 12.2. The van der Waals surface area contributed by atoms with Crippen LogP contribution in [0.5, 0.6) is 0 Å². The molecule has 0 aliphatic carbocycles. The molecule has 2 aromatic rings. The fraction of sp³-hybridized carbons (Fsp3) is 0.412. The van der Waals surface area contributed by atoms with Crippen LogP contribution in [-0.2, 0) is 11.3 Å². The summed E-state index contributed by atoms with van der Waals surface area (Å²) in [6.45, 7) is 4.34. The highest BCUT2D eigenvalue weighted by atomic mass is 16.4. The number of fused-ring (bicyclic) bond motifs is 1. The summed E-state index contributed by atoms with van der Waals surface area (Å²) in [6, 6.07) is 10.3. The molecule has 21 heavy (non-hydrogen) atoms. The number of hydrogen-bond acceptors (Lipinski definition) is 3. The minimum atomic E-state index is -0.672. The van der Waals surface area contributed by atoms with Crippen molar-refractivity contribution in [3.63, 3.8) is 0 Å². The van der Waals surface area contributed by atoms with Gasteiger partial charge in [0.1, 0.15) is 0 Å². The van der Waals surface area contributed by atoms with Crippen molar-refractivity contribution >= 4 is 16.9 Å². The first kappa shape index (κ1) is 14.0. The molecule has 0 amide bonds. The predicted octanol–water partition coefficient (Wildman–Crippen LogP) is 2.92. The number of hydrogen-bond donors (Lipinski definition) is 1. The molecule has 4 heteroatoms. The van der Waals surface area contributed by atoms with E-state index in [0.717, 1.165) is 30.5 Å². The molecule has 0 radical (unpaired) electrons. The first-order valence-corrected chi connectivity index (χ1v) is 7.37. The smallest absolute Gasteiger partial charge is 0.309 e. The van der Waals surface area contributed by atoms with Crippen molar-refractivity contribution in [1.82, 2.24) is 9.88 Å². The van der Waals surface area contributed by atoms with Crippen LogP contribution in [-0.4, -0.2) is 34.0 Å². The van der Waals surface area contributed by atoms with Gasteiger partial charge >= 0.3 is 5.97 Å². The highest BCUT2D eigenvalue weighted by Crippen LogP contribution is 2.32. The Kier molecular flexibility index (Phi) is 3.64. The average molecular weight is 284 g/mol. The van der Waals surface area contributed by atoms with Crippen molar-refractivity contribution < 1.29 is 9.90 Å². The molecule has 1 saturated heterocycles. The lowest BCUT2D eigenvalue weighted by Crippen LogP contribution is -2.42. The summed E-state index contributed by atoms with van der Waals surface area (Å²) in [6.07, 6.45) is 3.24. The van der Waals surface area contributed by atoms with Gasteiger partial charge in [0.05, 0.1) is 10.9 Å². The van der Waals surface area contributed by atoms with Gasteiger partial charge < -0.3 is 5.11 Å². The van der Waals surface area contributed by atoms with E-state index in [9.17, 15) is 9.90 Å². The molecule has 1 aliphatic rings. The maximum absolute atomic E-state index is 11.3. The summed E-state index contributed by atoms with van der Waals surface area (Å²) in [5.41, 5.74) is 1.70. The van der Waals surface area contributed by atoms with Crippen LogP contribution in [0, 0.1) is 5.41 Å². The molecule has 0 unspecified atom stereocenters. The minimum absolute atomic E-state index is 0.562. The quantitative estimate of drug-likeness (QED) is 0.941. The molecular formula is C17H20N2O2. The SMILES string of the molecule is CC1(C(=O)O)CCN(Cc2cccc3cccnc23)CC1. The number of rotatable bonds is 3. The lowest BCUT2D eigenvalue weighted by Gasteiger charge is -2.36. The van der Waals surface area contributed by atoms with E-state index in [2.05, 4.69) is 34.1 Å². The molecule has 1 aromatic heterocycles. The number of carbonyl (C=O) groups is 1. The second-order valence-corrected chi connectivity index (χ2v) is 6.13. The van der Waals surface area contributed by atoms with Crippen molar-refractivity contribution in [2.45, 2.75) is 26.3 Å². The molecule has 0 spiro atoms. The molecule has 0 saturated carbocycles. The van der Waals surface area contributed by atoms with E-state index in [1.807, 2.05) is 19.2 Å². The Morgan fingerprint density at radius 3 is 2.71 bits per heavy atom. The van der Waals surface area contributed by atoms with Gasteiger partial charge in [-0.05, 0) is 44.5 Å². The van der Waals surface area contributed by atoms with Crippen LogP contribution < -0.4 is 0 Å². The van der Waals surface area contributed by atoms with Crippen molar-refractivity contribution in [3.05, 3.63) is 42.1 Å². The molecule has 1 fully saturated rings.